The van der Waals surface area contributed by atoms with Crippen LogP contribution in [-0.4, -0.2) is 4.98 Å². The molecule has 0 amide bonds. The zero-order valence-electron chi connectivity index (χ0n) is 8.74. The SMILES string of the molecule is Cc1coc(Sc2cccc(F)c2CN)n1. The summed E-state index contributed by atoms with van der Waals surface area (Å²) >= 11 is 1.28. The van der Waals surface area contributed by atoms with Crippen LogP contribution in [0.2, 0.25) is 0 Å². The van der Waals surface area contributed by atoms with Gasteiger partial charge in [0.15, 0.2) is 0 Å². The van der Waals surface area contributed by atoms with E-state index in [-0.39, 0.29) is 12.4 Å². The van der Waals surface area contributed by atoms with Crippen molar-refractivity contribution in [3.8, 4) is 0 Å². The lowest BCUT2D eigenvalue weighted by atomic mass is 10.2. The molecular weight excluding hydrogens is 227 g/mol. The summed E-state index contributed by atoms with van der Waals surface area (Å²) in [6.07, 6.45) is 1.56. The van der Waals surface area contributed by atoms with Crippen molar-refractivity contribution in [2.45, 2.75) is 23.6 Å². The van der Waals surface area contributed by atoms with E-state index in [4.69, 9.17) is 10.2 Å². The van der Waals surface area contributed by atoms with Crippen LogP contribution in [0.1, 0.15) is 11.3 Å². The summed E-state index contributed by atoms with van der Waals surface area (Å²) in [6.45, 7) is 2.00. The molecule has 0 aliphatic rings. The van der Waals surface area contributed by atoms with Gasteiger partial charge >= 0.3 is 0 Å². The third kappa shape index (κ3) is 2.25. The lowest BCUT2D eigenvalue weighted by Crippen LogP contribution is -2.01. The zero-order chi connectivity index (χ0) is 11.5. The fraction of sp³-hybridized carbons (Fsp3) is 0.182. The molecule has 2 aromatic rings. The molecule has 1 aromatic carbocycles. The molecule has 84 valence electrons. The number of rotatable bonds is 3. The summed E-state index contributed by atoms with van der Waals surface area (Å²) in [6, 6.07) is 4.84. The second kappa shape index (κ2) is 4.67. The van der Waals surface area contributed by atoms with Crippen molar-refractivity contribution in [2.75, 3.05) is 0 Å². The molecular formula is C11H11FN2OS. The predicted molar refractivity (Wildman–Crippen MR) is 59.7 cm³/mol. The fourth-order valence-electron chi connectivity index (χ4n) is 1.31. The minimum atomic E-state index is -0.296. The van der Waals surface area contributed by atoms with Gasteiger partial charge in [-0.1, -0.05) is 6.07 Å². The molecule has 0 saturated heterocycles. The fourth-order valence-corrected chi connectivity index (χ4v) is 2.23. The van der Waals surface area contributed by atoms with E-state index in [1.807, 2.05) is 6.92 Å². The van der Waals surface area contributed by atoms with Gasteiger partial charge in [0.2, 0.25) is 0 Å². The van der Waals surface area contributed by atoms with Crippen LogP contribution in [0, 0.1) is 12.7 Å². The number of hydrogen-bond acceptors (Lipinski definition) is 4. The molecule has 3 nitrogen and oxygen atoms in total. The quantitative estimate of drug-likeness (QED) is 0.893. The summed E-state index contributed by atoms with van der Waals surface area (Å²) in [5.74, 6) is -0.296. The molecule has 0 saturated carbocycles. The minimum absolute atomic E-state index is 0.161. The van der Waals surface area contributed by atoms with Crippen LogP contribution in [0.25, 0.3) is 0 Å². The number of nitrogens with zero attached hydrogens (tertiary/aromatic N) is 1. The maximum absolute atomic E-state index is 13.4. The lowest BCUT2D eigenvalue weighted by molar-refractivity contribution is 0.454. The van der Waals surface area contributed by atoms with Crippen molar-refractivity contribution in [1.82, 2.24) is 4.98 Å². The van der Waals surface area contributed by atoms with Gasteiger partial charge in [0.25, 0.3) is 5.22 Å². The molecule has 0 spiro atoms. The Bertz CT molecular complexity index is 498. The highest BCUT2D eigenvalue weighted by molar-refractivity contribution is 7.99. The minimum Gasteiger partial charge on any atom is -0.439 e. The Balaban J connectivity index is 2.30. The molecule has 0 fully saturated rings. The largest absolute Gasteiger partial charge is 0.439 e. The van der Waals surface area contributed by atoms with Crippen LogP contribution in [0.3, 0.4) is 0 Å². The number of oxazole rings is 1. The molecule has 1 aromatic heterocycles. The summed E-state index contributed by atoms with van der Waals surface area (Å²) in [5, 5.41) is 0.498. The van der Waals surface area contributed by atoms with Gasteiger partial charge in [-0.15, -0.1) is 0 Å². The van der Waals surface area contributed by atoms with Gasteiger partial charge in [-0.25, -0.2) is 9.37 Å². The summed E-state index contributed by atoms with van der Waals surface area (Å²) in [5.41, 5.74) is 6.79. The van der Waals surface area contributed by atoms with Crippen LogP contribution in [0.4, 0.5) is 4.39 Å². The Kier molecular flexibility index (Phi) is 3.26. The first-order valence-corrected chi connectivity index (χ1v) is 5.60. The van der Waals surface area contributed by atoms with Crippen molar-refractivity contribution in [2.24, 2.45) is 5.73 Å². The molecule has 2 rings (SSSR count). The Hall–Kier alpha value is -1.33. The van der Waals surface area contributed by atoms with Gasteiger partial charge in [0.05, 0.1) is 5.69 Å². The van der Waals surface area contributed by atoms with Crippen LogP contribution in [0.5, 0.6) is 0 Å². The maximum Gasteiger partial charge on any atom is 0.260 e. The molecule has 0 radical (unpaired) electrons. The van der Waals surface area contributed by atoms with E-state index in [0.29, 0.717) is 10.8 Å². The maximum atomic E-state index is 13.4. The van der Waals surface area contributed by atoms with Gasteiger partial charge in [0.1, 0.15) is 12.1 Å². The van der Waals surface area contributed by atoms with Crippen LogP contribution in [-0.2, 0) is 6.54 Å². The number of halogens is 1. The summed E-state index contributed by atoms with van der Waals surface area (Å²) in [7, 11) is 0. The normalized spacial score (nSPS) is 10.7. The molecule has 0 aliphatic carbocycles. The standard InChI is InChI=1S/C11H11FN2OS/c1-7-6-15-11(14-7)16-10-4-2-3-9(12)8(10)5-13/h2-4,6H,5,13H2,1H3. The van der Waals surface area contributed by atoms with Crippen LogP contribution >= 0.6 is 11.8 Å². The number of benzene rings is 1. The van der Waals surface area contributed by atoms with E-state index in [0.717, 1.165) is 10.6 Å². The highest BCUT2D eigenvalue weighted by Gasteiger charge is 2.10. The molecule has 2 N–H and O–H groups in total. The van der Waals surface area contributed by atoms with Crippen molar-refractivity contribution < 1.29 is 8.81 Å². The second-order valence-corrected chi connectivity index (χ2v) is 4.27. The summed E-state index contributed by atoms with van der Waals surface area (Å²) < 4.78 is 18.6. The molecule has 0 bridgehead atoms. The first-order chi connectivity index (χ1) is 7.70. The second-order valence-electron chi connectivity index (χ2n) is 3.28. The van der Waals surface area contributed by atoms with E-state index in [2.05, 4.69) is 4.98 Å². The highest BCUT2D eigenvalue weighted by atomic mass is 32.2. The Morgan fingerprint density at radius 1 is 1.50 bits per heavy atom. The average molecular weight is 238 g/mol. The van der Waals surface area contributed by atoms with Crippen molar-refractivity contribution in [3.63, 3.8) is 0 Å². The van der Waals surface area contributed by atoms with Crippen molar-refractivity contribution in [1.29, 1.82) is 0 Å². The van der Waals surface area contributed by atoms with E-state index in [9.17, 15) is 4.39 Å². The van der Waals surface area contributed by atoms with Gasteiger partial charge < -0.3 is 10.2 Å². The topological polar surface area (TPSA) is 52.0 Å². The number of nitrogens with two attached hydrogens (primary N) is 1. The van der Waals surface area contributed by atoms with E-state index in [1.54, 1.807) is 18.4 Å². The lowest BCUT2D eigenvalue weighted by Gasteiger charge is -2.05. The van der Waals surface area contributed by atoms with Gasteiger partial charge in [-0.05, 0) is 30.8 Å². The molecule has 0 atom stereocenters. The predicted octanol–water partition coefficient (Wildman–Crippen LogP) is 2.73. The van der Waals surface area contributed by atoms with Crippen molar-refractivity contribution in [3.05, 3.63) is 41.5 Å². The molecule has 0 aliphatic heterocycles. The van der Waals surface area contributed by atoms with Gasteiger partial charge in [-0.3, -0.25) is 0 Å². The highest BCUT2D eigenvalue weighted by Crippen LogP contribution is 2.30. The van der Waals surface area contributed by atoms with E-state index >= 15 is 0 Å². The monoisotopic (exact) mass is 238 g/mol. The summed E-state index contributed by atoms with van der Waals surface area (Å²) in [4.78, 5) is 4.88. The Morgan fingerprint density at radius 3 is 2.94 bits per heavy atom. The van der Waals surface area contributed by atoms with Crippen molar-refractivity contribution >= 4 is 11.8 Å². The van der Waals surface area contributed by atoms with Crippen LogP contribution in [0.15, 0.2) is 39.0 Å². The third-order valence-corrected chi connectivity index (χ3v) is 3.04. The first-order valence-electron chi connectivity index (χ1n) is 4.78. The molecule has 0 unspecified atom stereocenters. The number of hydrogen-bond donors (Lipinski definition) is 1. The zero-order valence-corrected chi connectivity index (χ0v) is 9.55. The van der Waals surface area contributed by atoms with E-state index < -0.39 is 0 Å². The van der Waals surface area contributed by atoms with Crippen LogP contribution < -0.4 is 5.73 Å². The average Bonchev–Trinajstić information content (AvgIpc) is 2.64. The first kappa shape index (κ1) is 11.2. The number of aryl methyl sites for hydroxylation is 1. The molecule has 1 heterocycles. The third-order valence-electron chi connectivity index (χ3n) is 2.08. The Morgan fingerprint density at radius 2 is 2.31 bits per heavy atom. The van der Waals surface area contributed by atoms with Gasteiger partial charge in [-0.2, -0.15) is 0 Å². The Labute approximate surface area is 96.9 Å². The number of aromatic nitrogens is 1. The van der Waals surface area contributed by atoms with Gasteiger partial charge in [0, 0.05) is 17.0 Å². The molecule has 16 heavy (non-hydrogen) atoms. The smallest absolute Gasteiger partial charge is 0.260 e. The van der Waals surface area contributed by atoms with E-state index in [1.165, 1.54) is 17.8 Å². The molecule has 5 heteroatoms.